The van der Waals surface area contributed by atoms with Gasteiger partial charge >= 0.3 is 5.97 Å². The molecule has 1 fully saturated rings. The molecule has 0 saturated carbocycles. The number of hydrogen-bond acceptors (Lipinski definition) is 4. The number of carbonyl (C=O) groups is 1. The second kappa shape index (κ2) is 6.53. The van der Waals surface area contributed by atoms with Crippen LogP contribution < -0.4 is 0 Å². The van der Waals surface area contributed by atoms with Gasteiger partial charge in [-0.25, -0.2) is 0 Å². The van der Waals surface area contributed by atoms with E-state index in [2.05, 4.69) is 11.8 Å². The second-order valence-corrected chi connectivity index (χ2v) is 5.64. The first-order valence-electron chi connectivity index (χ1n) is 6.97. The lowest BCUT2D eigenvalue weighted by molar-refractivity contribution is -0.160. The van der Waals surface area contributed by atoms with E-state index < -0.39 is 11.5 Å². The van der Waals surface area contributed by atoms with Gasteiger partial charge in [-0.3, -0.25) is 4.79 Å². The van der Waals surface area contributed by atoms with E-state index in [0.717, 1.165) is 26.1 Å². The van der Waals surface area contributed by atoms with Gasteiger partial charge in [0.1, 0.15) is 0 Å². The molecule has 0 aromatic heterocycles. The molecule has 0 amide bonds. The topological polar surface area (TPSA) is 49.8 Å². The average Bonchev–Trinajstić information content (AvgIpc) is 2.51. The fourth-order valence-corrected chi connectivity index (χ4v) is 3.06. The van der Waals surface area contributed by atoms with E-state index in [1.807, 2.05) is 13.8 Å². The van der Waals surface area contributed by atoms with Crippen LogP contribution in [0.3, 0.4) is 0 Å². The van der Waals surface area contributed by atoms with Crippen LogP contribution >= 0.6 is 0 Å². The number of aliphatic hydroxyl groups is 1. The summed E-state index contributed by atoms with van der Waals surface area (Å²) < 4.78 is 4.87. The molecule has 4 nitrogen and oxygen atoms in total. The number of esters is 1. The van der Waals surface area contributed by atoms with Gasteiger partial charge in [0.15, 0.2) is 0 Å². The lowest BCUT2D eigenvalue weighted by atomic mass is 9.75. The van der Waals surface area contributed by atoms with Crippen molar-refractivity contribution >= 4 is 5.97 Å². The zero-order valence-corrected chi connectivity index (χ0v) is 12.1. The summed E-state index contributed by atoms with van der Waals surface area (Å²) in [5, 5.41) is 10.9. The van der Waals surface area contributed by atoms with Crippen LogP contribution in [0.15, 0.2) is 0 Å². The molecule has 1 saturated heterocycles. The van der Waals surface area contributed by atoms with Gasteiger partial charge in [-0.15, -0.1) is 0 Å². The standard InChI is InChI=1S/C14H27NO3/c1-5-15-9-6-7-14(17,8-10-15)12(11(2)3)13(16)18-4/h11-12,17H,5-10H2,1-4H3. The first kappa shape index (κ1) is 15.4. The minimum absolute atomic E-state index is 0.0932. The summed E-state index contributed by atoms with van der Waals surface area (Å²) in [4.78, 5) is 14.3. The molecule has 2 unspecified atom stereocenters. The molecule has 2 atom stereocenters. The summed E-state index contributed by atoms with van der Waals surface area (Å²) in [5.41, 5.74) is -0.912. The van der Waals surface area contributed by atoms with Crippen molar-refractivity contribution in [3.63, 3.8) is 0 Å². The number of carbonyl (C=O) groups excluding carboxylic acids is 1. The van der Waals surface area contributed by atoms with Gasteiger partial charge in [0.2, 0.25) is 0 Å². The molecule has 106 valence electrons. The largest absolute Gasteiger partial charge is 0.469 e. The molecular formula is C14H27NO3. The van der Waals surface area contributed by atoms with Crippen LogP contribution in [-0.2, 0) is 9.53 Å². The summed E-state index contributed by atoms with van der Waals surface area (Å²) in [7, 11) is 1.40. The Morgan fingerprint density at radius 3 is 2.56 bits per heavy atom. The SMILES string of the molecule is CCN1CCCC(O)(C(C(=O)OC)C(C)C)CC1. The van der Waals surface area contributed by atoms with Crippen LogP contribution in [0.2, 0.25) is 0 Å². The Hall–Kier alpha value is -0.610. The van der Waals surface area contributed by atoms with E-state index in [9.17, 15) is 9.90 Å². The van der Waals surface area contributed by atoms with E-state index in [-0.39, 0.29) is 11.9 Å². The maximum atomic E-state index is 11.9. The third-order valence-corrected chi connectivity index (χ3v) is 4.09. The maximum absolute atomic E-state index is 11.9. The molecule has 1 rings (SSSR count). The van der Waals surface area contributed by atoms with Crippen molar-refractivity contribution in [1.82, 2.24) is 4.90 Å². The predicted octanol–water partition coefficient (Wildman–Crippen LogP) is 1.67. The van der Waals surface area contributed by atoms with Crippen molar-refractivity contribution in [3.8, 4) is 0 Å². The molecule has 4 heteroatoms. The number of methoxy groups -OCH3 is 1. The van der Waals surface area contributed by atoms with Gasteiger partial charge < -0.3 is 14.7 Å². The summed E-state index contributed by atoms with van der Waals surface area (Å²) in [6, 6.07) is 0. The Bertz CT molecular complexity index is 280. The number of nitrogens with zero attached hydrogens (tertiary/aromatic N) is 1. The molecule has 0 radical (unpaired) electrons. The lowest BCUT2D eigenvalue weighted by Gasteiger charge is -2.36. The Labute approximate surface area is 110 Å². The highest BCUT2D eigenvalue weighted by atomic mass is 16.5. The normalized spacial score (nSPS) is 27.9. The van der Waals surface area contributed by atoms with Gasteiger partial charge in [-0.1, -0.05) is 20.8 Å². The van der Waals surface area contributed by atoms with Crippen LogP contribution in [0, 0.1) is 11.8 Å². The van der Waals surface area contributed by atoms with Crippen molar-refractivity contribution in [2.24, 2.45) is 11.8 Å². The average molecular weight is 257 g/mol. The lowest BCUT2D eigenvalue weighted by Crippen LogP contribution is -2.46. The van der Waals surface area contributed by atoms with Gasteiger partial charge in [-0.2, -0.15) is 0 Å². The van der Waals surface area contributed by atoms with Gasteiger partial charge in [-0.05, 0) is 38.3 Å². The molecule has 1 N–H and O–H groups in total. The summed E-state index contributed by atoms with van der Waals surface area (Å²) >= 11 is 0. The Morgan fingerprint density at radius 1 is 1.39 bits per heavy atom. The third-order valence-electron chi connectivity index (χ3n) is 4.09. The molecule has 0 aromatic rings. The van der Waals surface area contributed by atoms with Crippen molar-refractivity contribution in [2.45, 2.75) is 45.6 Å². The van der Waals surface area contributed by atoms with E-state index in [4.69, 9.17) is 4.74 Å². The number of rotatable bonds is 4. The molecule has 1 aliphatic heterocycles. The third kappa shape index (κ3) is 3.45. The van der Waals surface area contributed by atoms with Gasteiger partial charge in [0.25, 0.3) is 0 Å². The van der Waals surface area contributed by atoms with Crippen LogP contribution in [0.1, 0.15) is 40.0 Å². The Kier molecular flexibility index (Phi) is 5.60. The smallest absolute Gasteiger partial charge is 0.311 e. The zero-order chi connectivity index (χ0) is 13.8. The van der Waals surface area contributed by atoms with Crippen molar-refractivity contribution in [1.29, 1.82) is 0 Å². The van der Waals surface area contributed by atoms with Crippen LogP contribution in [-0.4, -0.2) is 48.3 Å². The number of likely N-dealkylation sites (tertiary alicyclic amines) is 1. The number of hydrogen-bond donors (Lipinski definition) is 1. The summed E-state index contributed by atoms with van der Waals surface area (Å²) in [6.45, 7) is 8.94. The molecule has 0 spiro atoms. The second-order valence-electron chi connectivity index (χ2n) is 5.64. The fourth-order valence-electron chi connectivity index (χ4n) is 3.06. The molecule has 1 heterocycles. The first-order valence-corrected chi connectivity index (χ1v) is 6.97. The highest BCUT2D eigenvalue weighted by Crippen LogP contribution is 2.35. The van der Waals surface area contributed by atoms with Crippen molar-refractivity contribution < 1.29 is 14.6 Å². The van der Waals surface area contributed by atoms with Gasteiger partial charge in [0, 0.05) is 6.54 Å². The van der Waals surface area contributed by atoms with Crippen LogP contribution in [0.25, 0.3) is 0 Å². The highest BCUT2D eigenvalue weighted by Gasteiger charge is 2.44. The summed E-state index contributed by atoms with van der Waals surface area (Å²) in [5.74, 6) is -0.604. The fraction of sp³-hybridized carbons (Fsp3) is 0.929. The Balaban J connectivity index is 2.84. The highest BCUT2D eigenvalue weighted by molar-refractivity contribution is 5.74. The van der Waals surface area contributed by atoms with E-state index in [1.54, 1.807) is 0 Å². The van der Waals surface area contributed by atoms with Crippen molar-refractivity contribution in [2.75, 3.05) is 26.7 Å². The first-order chi connectivity index (χ1) is 8.44. The monoisotopic (exact) mass is 257 g/mol. The van der Waals surface area contributed by atoms with E-state index in [1.165, 1.54) is 7.11 Å². The van der Waals surface area contributed by atoms with E-state index in [0.29, 0.717) is 12.8 Å². The number of ether oxygens (including phenoxy) is 1. The summed E-state index contributed by atoms with van der Waals surface area (Å²) in [6.07, 6.45) is 2.27. The van der Waals surface area contributed by atoms with Gasteiger partial charge in [0.05, 0.1) is 18.6 Å². The maximum Gasteiger partial charge on any atom is 0.311 e. The molecule has 0 bridgehead atoms. The molecule has 0 aliphatic carbocycles. The Morgan fingerprint density at radius 2 is 2.06 bits per heavy atom. The molecule has 1 aliphatic rings. The molecular weight excluding hydrogens is 230 g/mol. The minimum Gasteiger partial charge on any atom is -0.469 e. The van der Waals surface area contributed by atoms with Crippen molar-refractivity contribution in [3.05, 3.63) is 0 Å². The predicted molar refractivity (Wildman–Crippen MR) is 71.3 cm³/mol. The molecule has 18 heavy (non-hydrogen) atoms. The molecule has 0 aromatic carbocycles. The van der Waals surface area contributed by atoms with E-state index >= 15 is 0 Å². The quantitative estimate of drug-likeness (QED) is 0.778. The van der Waals surface area contributed by atoms with Crippen LogP contribution in [0.5, 0.6) is 0 Å². The minimum atomic E-state index is -0.912. The van der Waals surface area contributed by atoms with Crippen LogP contribution in [0.4, 0.5) is 0 Å². The zero-order valence-electron chi connectivity index (χ0n) is 12.1.